The number of hydrogen-bond donors (Lipinski definition) is 1. The Labute approximate surface area is 76.2 Å². The fourth-order valence-corrected chi connectivity index (χ4v) is 0.772. The first-order chi connectivity index (χ1) is 6.27. The summed E-state index contributed by atoms with van der Waals surface area (Å²) in [6.45, 7) is 2.40. The molecular weight excluding hydrogens is 173 g/mol. The van der Waals surface area contributed by atoms with Crippen LogP contribution in [0, 0.1) is 5.82 Å². The van der Waals surface area contributed by atoms with E-state index in [-0.39, 0.29) is 5.88 Å². The van der Waals surface area contributed by atoms with Crippen LogP contribution < -0.4 is 10.1 Å². The van der Waals surface area contributed by atoms with Crippen LogP contribution in [0.25, 0.3) is 0 Å². The highest BCUT2D eigenvalue weighted by molar-refractivity contribution is 5.27. The smallest absolute Gasteiger partial charge is 0.255 e. The van der Waals surface area contributed by atoms with Gasteiger partial charge in [0.15, 0.2) is 0 Å². The standard InChI is InChI=1S/C8H12FN3O/c1-3-4-13-7-6(9)5-11-8(10-2)12-7/h5H,3-4H2,1-2H3,(H,10,11,12). The van der Waals surface area contributed by atoms with E-state index in [1.165, 1.54) is 0 Å². The van der Waals surface area contributed by atoms with Gasteiger partial charge in [-0.25, -0.2) is 4.98 Å². The van der Waals surface area contributed by atoms with Crippen molar-refractivity contribution in [2.75, 3.05) is 19.0 Å². The van der Waals surface area contributed by atoms with Crippen molar-refractivity contribution in [2.24, 2.45) is 0 Å². The lowest BCUT2D eigenvalue weighted by molar-refractivity contribution is 0.288. The number of aromatic nitrogens is 2. The second-order valence-corrected chi connectivity index (χ2v) is 2.45. The lowest BCUT2D eigenvalue weighted by atomic mass is 10.5. The van der Waals surface area contributed by atoms with Crippen molar-refractivity contribution in [3.63, 3.8) is 0 Å². The molecule has 0 fully saturated rings. The van der Waals surface area contributed by atoms with E-state index in [0.29, 0.717) is 12.6 Å². The number of nitrogens with zero attached hydrogens (tertiary/aromatic N) is 2. The zero-order valence-electron chi connectivity index (χ0n) is 7.67. The van der Waals surface area contributed by atoms with E-state index >= 15 is 0 Å². The number of halogens is 1. The fourth-order valence-electron chi connectivity index (χ4n) is 0.772. The molecule has 0 spiro atoms. The van der Waals surface area contributed by atoms with E-state index in [0.717, 1.165) is 12.6 Å². The van der Waals surface area contributed by atoms with E-state index in [9.17, 15) is 4.39 Å². The summed E-state index contributed by atoms with van der Waals surface area (Å²) >= 11 is 0. The molecule has 0 saturated carbocycles. The third kappa shape index (κ3) is 2.54. The van der Waals surface area contributed by atoms with Gasteiger partial charge in [0.2, 0.25) is 11.8 Å². The first-order valence-electron chi connectivity index (χ1n) is 4.11. The number of rotatable bonds is 4. The van der Waals surface area contributed by atoms with Crippen molar-refractivity contribution in [1.29, 1.82) is 0 Å². The number of ether oxygens (including phenoxy) is 1. The summed E-state index contributed by atoms with van der Waals surface area (Å²) in [7, 11) is 1.66. The molecule has 0 saturated heterocycles. The Kier molecular flexibility index (Phi) is 3.42. The maximum Gasteiger partial charge on any atom is 0.255 e. The molecule has 4 nitrogen and oxygen atoms in total. The van der Waals surface area contributed by atoms with Crippen LogP contribution in [0.4, 0.5) is 10.3 Å². The number of nitrogens with one attached hydrogen (secondary N) is 1. The van der Waals surface area contributed by atoms with Crippen LogP contribution in [0.2, 0.25) is 0 Å². The average Bonchev–Trinajstić information content (AvgIpc) is 2.17. The van der Waals surface area contributed by atoms with Crippen molar-refractivity contribution in [1.82, 2.24) is 9.97 Å². The van der Waals surface area contributed by atoms with Crippen molar-refractivity contribution in [3.8, 4) is 5.88 Å². The van der Waals surface area contributed by atoms with E-state index in [1.54, 1.807) is 7.05 Å². The maximum absolute atomic E-state index is 13.0. The van der Waals surface area contributed by atoms with Gasteiger partial charge in [-0.1, -0.05) is 6.92 Å². The molecule has 0 aliphatic heterocycles. The Hall–Kier alpha value is -1.39. The van der Waals surface area contributed by atoms with E-state index in [2.05, 4.69) is 15.3 Å². The number of hydrogen-bond acceptors (Lipinski definition) is 4. The molecule has 1 rings (SSSR count). The van der Waals surface area contributed by atoms with Crippen LogP contribution in [0.1, 0.15) is 13.3 Å². The van der Waals surface area contributed by atoms with Crippen LogP contribution in [0.3, 0.4) is 0 Å². The third-order valence-corrected chi connectivity index (χ3v) is 1.38. The summed E-state index contributed by atoms with van der Waals surface area (Å²) in [5.74, 6) is -0.179. The molecule has 1 aromatic heterocycles. The summed E-state index contributed by atoms with van der Waals surface area (Å²) in [4.78, 5) is 7.50. The molecule has 0 aliphatic carbocycles. The van der Waals surface area contributed by atoms with Crippen molar-refractivity contribution >= 4 is 5.95 Å². The predicted molar refractivity (Wildman–Crippen MR) is 47.3 cm³/mol. The lowest BCUT2D eigenvalue weighted by Crippen LogP contribution is -2.03. The predicted octanol–water partition coefficient (Wildman–Crippen LogP) is 1.45. The maximum atomic E-state index is 13.0. The van der Waals surface area contributed by atoms with Crippen LogP contribution in [-0.2, 0) is 0 Å². The average molecular weight is 185 g/mol. The summed E-state index contributed by atoms with van der Waals surface area (Å²) < 4.78 is 18.0. The van der Waals surface area contributed by atoms with Gasteiger partial charge in [-0.3, -0.25) is 0 Å². The first-order valence-corrected chi connectivity index (χ1v) is 4.11. The topological polar surface area (TPSA) is 47.0 Å². The van der Waals surface area contributed by atoms with Gasteiger partial charge in [-0.2, -0.15) is 9.37 Å². The normalized spacial score (nSPS) is 9.77. The fraction of sp³-hybridized carbons (Fsp3) is 0.500. The monoisotopic (exact) mass is 185 g/mol. The molecule has 1 heterocycles. The second kappa shape index (κ2) is 4.59. The minimum Gasteiger partial charge on any atom is -0.475 e. The van der Waals surface area contributed by atoms with Gasteiger partial charge in [0.25, 0.3) is 5.88 Å². The quantitative estimate of drug-likeness (QED) is 0.771. The van der Waals surface area contributed by atoms with Gasteiger partial charge in [-0.15, -0.1) is 0 Å². The molecule has 0 aromatic carbocycles. The molecular formula is C8H12FN3O. The summed E-state index contributed by atoms with van der Waals surface area (Å²) in [5.41, 5.74) is 0. The van der Waals surface area contributed by atoms with E-state index < -0.39 is 5.82 Å². The Morgan fingerprint density at radius 2 is 2.38 bits per heavy atom. The van der Waals surface area contributed by atoms with Gasteiger partial charge in [0, 0.05) is 7.05 Å². The molecule has 0 radical (unpaired) electrons. The van der Waals surface area contributed by atoms with Crippen LogP contribution >= 0.6 is 0 Å². The van der Waals surface area contributed by atoms with Crippen molar-refractivity contribution < 1.29 is 9.13 Å². The van der Waals surface area contributed by atoms with Gasteiger partial charge >= 0.3 is 0 Å². The van der Waals surface area contributed by atoms with E-state index in [1.807, 2.05) is 6.92 Å². The Bertz CT molecular complexity index is 280. The lowest BCUT2D eigenvalue weighted by Gasteiger charge is -2.05. The van der Waals surface area contributed by atoms with Crippen LogP contribution in [-0.4, -0.2) is 23.6 Å². The van der Waals surface area contributed by atoms with Crippen molar-refractivity contribution in [3.05, 3.63) is 12.0 Å². The first kappa shape index (κ1) is 9.70. The molecule has 5 heteroatoms. The molecule has 0 bridgehead atoms. The molecule has 0 aliphatic rings. The molecule has 1 aromatic rings. The largest absolute Gasteiger partial charge is 0.475 e. The summed E-state index contributed by atoms with van der Waals surface area (Å²) in [6.07, 6.45) is 1.90. The van der Waals surface area contributed by atoms with Gasteiger partial charge in [-0.05, 0) is 6.42 Å². The zero-order valence-corrected chi connectivity index (χ0v) is 7.67. The summed E-state index contributed by atoms with van der Waals surface area (Å²) in [6, 6.07) is 0. The zero-order chi connectivity index (χ0) is 9.68. The Morgan fingerprint density at radius 3 is 3.00 bits per heavy atom. The number of anilines is 1. The van der Waals surface area contributed by atoms with Gasteiger partial charge < -0.3 is 10.1 Å². The Balaban J connectivity index is 2.78. The molecule has 1 N–H and O–H groups in total. The molecule has 0 amide bonds. The highest BCUT2D eigenvalue weighted by atomic mass is 19.1. The second-order valence-electron chi connectivity index (χ2n) is 2.45. The van der Waals surface area contributed by atoms with Crippen LogP contribution in [0.15, 0.2) is 6.20 Å². The van der Waals surface area contributed by atoms with Crippen LogP contribution in [0.5, 0.6) is 5.88 Å². The molecule has 72 valence electrons. The highest BCUT2D eigenvalue weighted by Gasteiger charge is 2.06. The van der Waals surface area contributed by atoms with Gasteiger partial charge in [0.05, 0.1) is 12.8 Å². The highest BCUT2D eigenvalue weighted by Crippen LogP contribution is 2.13. The molecule has 13 heavy (non-hydrogen) atoms. The third-order valence-electron chi connectivity index (χ3n) is 1.38. The minimum absolute atomic E-state index is 0.00111. The summed E-state index contributed by atoms with van der Waals surface area (Å²) in [5, 5.41) is 2.70. The molecule has 0 atom stereocenters. The van der Waals surface area contributed by atoms with Crippen molar-refractivity contribution in [2.45, 2.75) is 13.3 Å². The SMILES string of the molecule is CCCOc1nc(NC)ncc1F. The van der Waals surface area contributed by atoms with E-state index in [4.69, 9.17) is 4.74 Å². The minimum atomic E-state index is -0.535. The molecule has 0 unspecified atom stereocenters. The van der Waals surface area contributed by atoms with Gasteiger partial charge in [0.1, 0.15) is 0 Å². The Morgan fingerprint density at radius 1 is 1.62 bits per heavy atom.